The van der Waals surface area contributed by atoms with Crippen molar-refractivity contribution >= 4 is 36.8 Å². The molecular formula is C6H6O2S2. The third-order valence-corrected chi connectivity index (χ3v) is 2.63. The topological polar surface area (TPSA) is 34.1 Å². The Kier molecular flexibility index (Phi) is 2.21. The monoisotopic (exact) mass is 174 g/mol. The molecule has 54 valence electrons. The predicted octanol–water partition coefficient (Wildman–Crippen LogP) is 0.291. The van der Waals surface area contributed by atoms with Crippen molar-refractivity contribution in [1.82, 2.24) is 0 Å². The first-order valence-electron chi connectivity index (χ1n) is 2.75. The first kappa shape index (κ1) is 7.88. The Morgan fingerprint density at radius 1 is 1.00 bits per heavy atom. The molecule has 0 aromatic rings. The standard InChI is InChI=1S/C6H6O2S2/c7-3-1-2-4(8)6(10)5(3)9/h1-2,5-6,9-10H. The lowest BCUT2D eigenvalue weighted by Crippen LogP contribution is -2.33. The quantitative estimate of drug-likeness (QED) is 0.518. The van der Waals surface area contributed by atoms with Gasteiger partial charge in [0.15, 0.2) is 11.6 Å². The highest BCUT2D eigenvalue weighted by Gasteiger charge is 2.28. The normalized spacial score (nSPS) is 33.0. The van der Waals surface area contributed by atoms with Crippen LogP contribution in [0.1, 0.15) is 0 Å². The van der Waals surface area contributed by atoms with Gasteiger partial charge in [0, 0.05) is 0 Å². The van der Waals surface area contributed by atoms with Gasteiger partial charge in [0.05, 0.1) is 10.5 Å². The summed E-state index contributed by atoms with van der Waals surface area (Å²) < 4.78 is 0. The Bertz CT molecular complexity index is 188. The molecular weight excluding hydrogens is 168 g/mol. The summed E-state index contributed by atoms with van der Waals surface area (Å²) in [6.45, 7) is 0. The fourth-order valence-corrected chi connectivity index (χ4v) is 1.14. The van der Waals surface area contributed by atoms with E-state index in [-0.39, 0.29) is 11.6 Å². The third-order valence-electron chi connectivity index (χ3n) is 1.29. The first-order chi connectivity index (χ1) is 4.63. The number of allylic oxidation sites excluding steroid dienone is 2. The second kappa shape index (κ2) is 2.80. The Morgan fingerprint density at radius 3 is 1.60 bits per heavy atom. The molecule has 0 heterocycles. The van der Waals surface area contributed by atoms with Gasteiger partial charge in [-0.2, -0.15) is 25.3 Å². The van der Waals surface area contributed by atoms with Gasteiger partial charge < -0.3 is 0 Å². The van der Waals surface area contributed by atoms with Gasteiger partial charge in [0.2, 0.25) is 0 Å². The third kappa shape index (κ3) is 1.27. The lowest BCUT2D eigenvalue weighted by Gasteiger charge is -2.15. The van der Waals surface area contributed by atoms with Crippen LogP contribution in [0.3, 0.4) is 0 Å². The summed E-state index contributed by atoms with van der Waals surface area (Å²) in [5, 5.41) is -1.14. The van der Waals surface area contributed by atoms with Crippen LogP contribution >= 0.6 is 25.3 Å². The molecule has 2 atom stereocenters. The lowest BCUT2D eigenvalue weighted by molar-refractivity contribution is -0.120. The van der Waals surface area contributed by atoms with Crippen molar-refractivity contribution in [2.45, 2.75) is 10.5 Å². The zero-order valence-electron chi connectivity index (χ0n) is 5.02. The van der Waals surface area contributed by atoms with E-state index in [1.807, 2.05) is 0 Å². The predicted molar refractivity (Wildman–Crippen MR) is 44.7 cm³/mol. The van der Waals surface area contributed by atoms with E-state index < -0.39 is 10.5 Å². The van der Waals surface area contributed by atoms with Crippen LogP contribution in [0.2, 0.25) is 0 Å². The minimum Gasteiger partial charge on any atom is -0.294 e. The Labute approximate surface area is 69.5 Å². The van der Waals surface area contributed by atoms with Gasteiger partial charge in [-0.3, -0.25) is 9.59 Å². The van der Waals surface area contributed by atoms with E-state index in [9.17, 15) is 9.59 Å². The molecule has 2 nitrogen and oxygen atoms in total. The van der Waals surface area contributed by atoms with Gasteiger partial charge in [-0.25, -0.2) is 0 Å². The molecule has 0 fully saturated rings. The number of carbonyl (C=O) groups is 2. The van der Waals surface area contributed by atoms with Crippen molar-refractivity contribution in [1.29, 1.82) is 0 Å². The van der Waals surface area contributed by atoms with Gasteiger partial charge in [0.25, 0.3) is 0 Å². The van der Waals surface area contributed by atoms with Crippen LogP contribution in [0.15, 0.2) is 12.2 Å². The van der Waals surface area contributed by atoms with E-state index >= 15 is 0 Å². The average Bonchev–Trinajstić information content (AvgIpc) is 1.93. The second-order valence-electron chi connectivity index (χ2n) is 2.03. The Hall–Kier alpha value is -0.220. The van der Waals surface area contributed by atoms with Crippen LogP contribution in [-0.4, -0.2) is 22.1 Å². The summed E-state index contributed by atoms with van der Waals surface area (Å²) in [7, 11) is 0. The van der Waals surface area contributed by atoms with Crippen LogP contribution in [0.4, 0.5) is 0 Å². The van der Waals surface area contributed by atoms with Gasteiger partial charge in [-0.1, -0.05) is 0 Å². The number of rotatable bonds is 0. The maximum atomic E-state index is 10.8. The second-order valence-corrected chi connectivity index (χ2v) is 3.14. The summed E-state index contributed by atoms with van der Waals surface area (Å²) >= 11 is 7.82. The van der Waals surface area contributed by atoms with Crippen LogP contribution < -0.4 is 0 Å². The number of thiol groups is 2. The number of carbonyl (C=O) groups excluding carboxylic acids is 2. The molecule has 1 aliphatic carbocycles. The smallest absolute Gasteiger partial charge is 0.170 e. The molecule has 0 bridgehead atoms. The molecule has 1 aliphatic rings. The van der Waals surface area contributed by atoms with Gasteiger partial charge in [-0.05, 0) is 12.2 Å². The highest BCUT2D eigenvalue weighted by atomic mass is 32.1. The molecule has 0 aromatic carbocycles. The van der Waals surface area contributed by atoms with E-state index in [1.54, 1.807) is 0 Å². The van der Waals surface area contributed by atoms with Crippen molar-refractivity contribution in [3.63, 3.8) is 0 Å². The van der Waals surface area contributed by atoms with Crippen molar-refractivity contribution in [3.05, 3.63) is 12.2 Å². The average molecular weight is 174 g/mol. The highest BCUT2D eigenvalue weighted by molar-refractivity contribution is 7.86. The largest absolute Gasteiger partial charge is 0.294 e. The molecule has 0 N–H and O–H groups in total. The molecule has 10 heavy (non-hydrogen) atoms. The van der Waals surface area contributed by atoms with Crippen LogP contribution in [-0.2, 0) is 9.59 Å². The van der Waals surface area contributed by atoms with Crippen molar-refractivity contribution in [2.24, 2.45) is 0 Å². The molecule has 0 radical (unpaired) electrons. The zero-order chi connectivity index (χ0) is 7.72. The van der Waals surface area contributed by atoms with Crippen LogP contribution in [0.25, 0.3) is 0 Å². The highest BCUT2D eigenvalue weighted by Crippen LogP contribution is 2.16. The molecule has 0 spiro atoms. The van der Waals surface area contributed by atoms with E-state index in [4.69, 9.17) is 0 Å². The zero-order valence-corrected chi connectivity index (χ0v) is 6.81. The fourth-order valence-electron chi connectivity index (χ4n) is 0.673. The molecule has 0 saturated heterocycles. The summed E-state index contributed by atoms with van der Waals surface area (Å²) in [6.07, 6.45) is 2.49. The summed E-state index contributed by atoms with van der Waals surface area (Å²) in [5.41, 5.74) is 0. The first-order valence-corrected chi connectivity index (χ1v) is 3.78. The Morgan fingerprint density at radius 2 is 1.30 bits per heavy atom. The van der Waals surface area contributed by atoms with Crippen LogP contribution in [0, 0.1) is 0 Å². The maximum Gasteiger partial charge on any atom is 0.170 e. The number of hydrogen-bond donors (Lipinski definition) is 2. The van der Waals surface area contributed by atoms with E-state index in [1.165, 1.54) is 12.2 Å². The Balaban J connectivity index is 2.89. The SMILES string of the molecule is O=C1C=CC(=O)C(S)C1S. The maximum absolute atomic E-state index is 10.8. The summed E-state index contributed by atoms with van der Waals surface area (Å²) in [6, 6.07) is 0. The number of ketones is 2. The van der Waals surface area contributed by atoms with Crippen molar-refractivity contribution in [3.8, 4) is 0 Å². The van der Waals surface area contributed by atoms with Gasteiger partial charge in [0.1, 0.15) is 0 Å². The molecule has 0 saturated carbocycles. The minimum atomic E-state index is -0.569. The van der Waals surface area contributed by atoms with E-state index in [0.717, 1.165) is 0 Å². The summed E-state index contributed by atoms with van der Waals surface area (Å²) in [4.78, 5) is 21.6. The van der Waals surface area contributed by atoms with Gasteiger partial charge >= 0.3 is 0 Å². The molecule has 0 aromatic heterocycles. The molecule has 0 amide bonds. The van der Waals surface area contributed by atoms with Crippen molar-refractivity contribution < 1.29 is 9.59 Å². The molecule has 4 heteroatoms. The van der Waals surface area contributed by atoms with E-state index in [2.05, 4.69) is 25.3 Å². The van der Waals surface area contributed by atoms with Crippen molar-refractivity contribution in [2.75, 3.05) is 0 Å². The minimum absolute atomic E-state index is 0.150. The summed E-state index contributed by atoms with van der Waals surface area (Å²) in [5.74, 6) is -0.300. The molecule has 2 unspecified atom stereocenters. The molecule has 0 aliphatic heterocycles. The fraction of sp³-hybridized carbons (Fsp3) is 0.333. The lowest BCUT2D eigenvalue weighted by atomic mass is 10.0. The van der Waals surface area contributed by atoms with E-state index in [0.29, 0.717) is 0 Å². The van der Waals surface area contributed by atoms with Crippen LogP contribution in [0.5, 0.6) is 0 Å². The number of hydrogen-bond acceptors (Lipinski definition) is 4. The molecule has 1 rings (SSSR count). The van der Waals surface area contributed by atoms with Gasteiger partial charge in [-0.15, -0.1) is 0 Å².